The van der Waals surface area contributed by atoms with Crippen molar-refractivity contribution in [3.8, 4) is 0 Å². The summed E-state index contributed by atoms with van der Waals surface area (Å²) in [6, 6.07) is 2.11. The van der Waals surface area contributed by atoms with E-state index in [0.717, 1.165) is 6.07 Å². The van der Waals surface area contributed by atoms with Gasteiger partial charge in [0.15, 0.2) is 0 Å². The van der Waals surface area contributed by atoms with Crippen molar-refractivity contribution in [3.63, 3.8) is 0 Å². The van der Waals surface area contributed by atoms with Crippen molar-refractivity contribution in [2.45, 2.75) is 12.6 Å². The molecule has 1 fully saturated rings. The van der Waals surface area contributed by atoms with Crippen molar-refractivity contribution in [2.75, 3.05) is 18.5 Å². The van der Waals surface area contributed by atoms with E-state index in [1.165, 1.54) is 0 Å². The summed E-state index contributed by atoms with van der Waals surface area (Å²) >= 11 is 0. The summed E-state index contributed by atoms with van der Waals surface area (Å²) < 4.78 is 43.0. The van der Waals surface area contributed by atoms with E-state index in [1.807, 2.05) is 0 Å². The van der Waals surface area contributed by atoms with Crippen LogP contribution in [-0.2, 0) is 15.7 Å². The molecule has 2 rings (SSSR count). The van der Waals surface area contributed by atoms with E-state index in [9.17, 15) is 22.8 Å². The Morgan fingerprint density at radius 2 is 2.05 bits per heavy atom. The molecule has 0 bridgehead atoms. The third kappa shape index (κ3) is 3.52. The molecule has 0 aliphatic carbocycles. The van der Waals surface area contributed by atoms with Crippen LogP contribution in [0, 0.1) is 5.92 Å². The number of amides is 1. The minimum atomic E-state index is -4.62. The first-order valence-corrected chi connectivity index (χ1v) is 6.12. The first kappa shape index (κ1) is 15.3. The fraction of sp³-hybridized carbons (Fsp3) is 0.385. The summed E-state index contributed by atoms with van der Waals surface area (Å²) in [6.07, 6.45) is -4.17. The van der Waals surface area contributed by atoms with E-state index in [2.05, 4.69) is 5.32 Å². The third-order valence-corrected chi connectivity index (χ3v) is 3.14. The number of alkyl halides is 3. The van der Waals surface area contributed by atoms with Crippen LogP contribution in [0.25, 0.3) is 0 Å². The van der Waals surface area contributed by atoms with E-state index in [1.54, 1.807) is 0 Å². The lowest BCUT2D eigenvalue weighted by molar-refractivity contribution is -0.137. The van der Waals surface area contributed by atoms with Crippen molar-refractivity contribution in [1.29, 1.82) is 0 Å². The van der Waals surface area contributed by atoms with Gasteiger partial charge in [0.2, 0.25) is 5.91 Å². The first-order chi connectivity index (χ1) is 9.79. The maximum atomic E-state index is 12.7. The van der Waals surface area contributed by atoms with Crippen LogP contribution in [0.2, 0.25) is 0 Å². The Bertz CT molecular complexity index is 565. The van der Waals surface area contributed by atoms with Crippen molar-refractivity contribution in [1.82, 2.24) is 0 Å². The molecule has 1 unspecified atom stereocenters. The standard InChI is InChI=1S/C13H12F3NO4/c14-13(15,16)8-1-2-9(12(19)20)10(5-8)17-11(18)7-3-4-21-6-7/h1-2,5,7H,3-4,6H2,(H,17,18)(H,19,20). The number of anilines is 1. The number of carboxylic acid groups (broad SMARTS) is 1. The molecule has 1 saturated heterocycles. The van der Waals surface area contributed by atoms with Crippen LogP contribution in [0.15, 0.2) is 18.2 Å². The number of carboxylic acids is 1. The molecule has 1 atom stereocenters. The summed E-state index contributed by atoms with van der Waals surface area (Å²) in [5.41, 5.74) is -1.78. The summed E-state index contributed by atoms with van der Waals surface area (Å²) in [5.74, 6) is -2.45. The van der Waals surface area contributed by atoms with E-state index in [4.69, 9.17) is 9.84 Å². The van der Waals surface area contributed by atoms with Gasteiger partial charge in [-0.2, -0.15) is 13.2 Å². The Morgan fingerprint density at radius 3 is 2.57 bits per heavy atom. The number of hydrogen-bond donors (Lipinski definition) is 2. The number of nitrogens with one attached hydrogen (secondary N) is 1. The minimum Gasteiger partial charge on any atom is -0.478 e. The van der Waals surface area contributed by atoms with Gasteiger partial charge in [0, 0.05) is 6.61 Å². The lowest BCUT2D eigenvalue weighted by Crippen LogP contribution is -2.24. The Labute approximate surface area is 117 Å². The molecular formula is C13H12F3NO4. The van der Waals surface area contributed by atoms with Crippen molar-refractivity contribution in [3.05, 3.63) is 29.3 Å². The summed E-state index contributed by atoms with van der Waals surface area (Å²) in [6.45, 7) is 0.569. The van der Waals surface area contributed by atoms with Gasteiger partial charge in [0.25, 0.3) is 0 Å². The quantitative estimate of drug-likeness (QED) is 0.899. The Balaban J connectivity index is 2.30. The predicted octanol–water partition coefficient (Wildman–Crippen LogP) is 2.38. The van der Waals surface area contributed by atoms with Gasteiger partial charge in [0.1, 0.15) is 0 Å². The van der Waals surface area contributed by atoms with Crippen LogP contribution in [0.5, 0.6) is 0 Å². The van der Waals surface area contributed by atoms with E-state index in [0.29, 0.717) is 25.2 Å². The molecule has 0 spiro atoms. The van der Waals surface area contributed by atoms with E-state index >= 15 is 0 Å². The van der Waals surface area contributed by atoms with Gasteiger partial charge in [-0.1, -0.05) is 0 Å². The highest BCUT2D eigenvalue weighted by atomic mass is 19.4. The molecule has 0 radical (unpaired) electrons. The van der Waals surface area contributed by atoms with Gasteiger partial charge in [-0.05, 0) is 24.6 Å². The molecule has 5 nitrogen and oxygen atoms in total. The van der Waals surface area contributed by atoms with Crippen LogP contribution in [0.3, 0.4) is 0 Å². The maximum Gasteiger partial charge on any atom is 0.416 e. The van der Waals surface area contributed by atoms with Crippen molar-refractivity contribution >= 4 is 17.6 Å². The van der Waals surface area contributed by atoms with Crippen molar-refractivity contribution in [2.24, 2.45) is 5.92 Å². The number of benzene rings is 1. The van der Waals surface area contributed by atoms with Gasteiger partial charge in [-0.3, -0.25) is 4.79 Å². The second-order valence-electron chi connectivity index (χ2n) is 4.61. The number of carbonyl (C=O) groups excluding carboxylic acids is 1. The molecule has 1 aliphatic heterocycles. The topological polar surface area (TPSA) is 75.6 Å². The Morgan fingerprint density at radius 1 is 1.33 bits per heavy atom. The second kappa shape index (κ2) is 5.72. The highest BCUT2D eigenvalue weighted by Gasteiger charge is 2.32. The number of aromatic carboxylic acids is 1. The number of halogens is 3. The first-order valence-electron chi connectivity index (χ1n) is 6.12. The summed E-state index contributed by atoms with van der Waals surface area (Å²) in [5, 5.41) is 11.2. The smallest absolute Gasteiger partial charge is 0.416 e. The molecular weight excluding hydrogens is 291 g/mol. The zero-order chi connectivity index (χ0) is 15.6. The zero-order valence-electron chi connectivity index (χ0n) is 10.7. The molecule has 8 heteroatoms. The monoisotopic (exact) mass is 303 g/mol. The summed E-state index contributed by atoms with van der Waals surface area (Å²) in [4.78, 5) is 22.9. The Hall–Kier alpha value is -2.09. The summed E-state index contributed by atoms with van der Waals surface area (Å²) in [7, 11) is 0. The molecule has 21 heavy (non-hydrogen) atoms. The Kier molecular flexibility index (Phi) is 4.17. The molecule has 1 aromatic rings. The number of hydrogen-bond acceptors (Lipinski definition) is 3. The molecule has 1 aliphatic rings. The van der Waals surface area contributed by atoms with E-state index < -0.39 is 35.1 Å². The van der Waals surface area contributed by atoms with Crippen LogP contribution < -0.4 is 5.32 Å². The number of rotatable bonds is 3. The normalized spacial score (nSPS) is 18.5. The number of ether oxygens (including phenoxy) is 1. The van der Waals surface area contributed by atoms with Gasteiger partial charge in [-0.15, -0.1) is 0 Å². The molecule has 1 aromatic carbocycles. The average molecular weight is 303 g/mol. The second-order valence-corrected chi connectivity index (χ2v) is 4.61. The van der Waals surface area contributed by atoms with E-state index in [-0.39, 0.29) is 12.3 Å². The largest absolute Gasteiger partial charge is 0.478 e. The van der Waals surface area contributed by atoms with Crippen LogP contribution in [0.4, 0.5) is 18.9 Å². The lowest BCUT2D eigenvalue weighted by Gasteiger charge is -2.14. The van der Waals surface area contributed by atoms with Gasteiger partial charge < -0.3 is 15.2 Å². The van der Waals surface area contributed by atoms with Crippen LogP contribution in [0.1, 0.15) is 22.3 Å². The minimum absolute atomic E-state index is 0.174. The molecule has 114 valence electrons. The molecule has 0 saturated carbocycles. The zero-order valence-corrected chi connectivity index (χ0v) is 10.7. The number of carbonyl (C=O) groups is 2. The van der Waals surface area contributed by atoms with Gasteiger partial charge >= 0.3 is 12.1 Å². The fourth-order valence-corrected chi connectivity index (χ4v) is 1.99. The SMILES string of the molecule is O=C(O)c1ccc(C(F)(F)F)cc1NC(=O)C1CCOC1. The maximum absolute atomic E-state index is 12.7. The van der Waals surface area contributed by atoms with Crippen molar-refractivity contribution < 1.29 is 32.6 Å². The molecule has 1 heterocycles. The highest BCUT2D eigenvalue weighted by Crippen LogP contribution is 2.32. The third-order valence-electron chi connectivity index (χ3n) is 3.14. The predicted molar refractivity (Wildman–Crippen MR) is 66.0 cm³/mol. The molecule has 2 N–H and O–H groups in total. The molecule has 1 amide bonds. The highest BCUT2D eigenvalue weighted by molar-refractivity contribution is 6.01. The fourth-order valence-electron chi connectivity index (χ4n) is 1.99. The lowest BCUT2D eigenvalue weighted by atomic mass is 10.1. The van der Waals surface area contributed by atoms with Crippen LogP contribution >= 0.6 is 0 Å². The van der Waals surface area contributed by atoms with Crippen LogP contribution in [-0.4, -0.2) is 30.2 Å². The van der Waals surface area contributed by atoms with Gasteiger partial charge in [0.05, 0.1) is 29.3 Å². The average Bonchev–Trinajstić information content (AvgIpc) is 2.91. The van der Waals surface area contributed by atoms with Gasteiger partial charge in [-0.25, -0.2) is 4.79 Å². The molecule has 0 aromatic heterocycles.